The van der Waals surface area contributed by atoms with Crippen molar-refractivity contribution in [2.75, 3.05) is 5.73 Å². The summed E-state index contributed by atoms with van der Waals surface area (Å²) in [5, 5.41) is 1.64. The Morgan fingerprint density at radius 3 is 2.63 bits per heavy atom. The number of hydrogen-bond acceptors (Lipinski definition) is 4. The molecule has 2 atom stereocenters. The van der Waals surface area contributed by atoms with Crippen molar-refractivity contribution in [3.05, 3.63) is 47.3 Å². The smallest absolute Gasteiger partial charge is 0.250 e. The molecule has 1 aromatic heterocycles. The van der Waals surface area contributed by atoms with Gasteiger partial charge in [-0.05, 0) is 18.1 Å². The van der Waals surface area contributed by atoms with E-state index in [4.69, 9.17) is 5.73 Å². The molecule has 3 rings (SSSR count). The third-order valence-electron chi connectivity index (χ3n) is 3.19. The SMILES string of the molecule is Nc1csc(S(=O)(=O)NC2CC2c2ccccc2)c1. The summed E-state index contributed by atoms with van der Waals surface area (Å²) < 4.78 is 27.2. The summed E-state index contributed by atoms with van der Waals surface area (Å²) >= 11 is 1.15. The Balaban J connectivity index is 1.71. The average Bonchev–Trinajstić information content (AvgIpc) is 2.99. The highest BCUT2D eigenvalue weighted by Gasteiger charge is 2.41. The topological polar surface area (TPSA) is 72.2 Å². The highest BCUT2D eigenvalue weighted by Crippen LogP contribution is 2.41. The van der Waals surface area contributed by atoms with Crippen LogP contribution < -0.4 is 10.5 Å². The first-order valence-electron chi connectivity index (χ1n) is 5.97. The van der Waals surface area contributed by atoms with Crippen LogP contribution in [0.3, 0.4) is 0 Å². The van der Waals surface area contributed by atoms with Crippen LogP contribution in [-0.2, 0) is 10.0 Å². The molecule has 1 fully saturated rings. The van der Waals surface area contributed by atoms with Gasteiger partial charge < -0.3 is 5.73 Å². The predicted molar refractivity (Wildman–Crippen MR) is 76.6 cm³/mol. The minimum atomic E-state index is -3.43. The third kappa shape index (κ3) is 2.65. The lowest BCUT2D eigenvalue weighted by atomic mass is 10.1. The second kappa shape index (κ2) is 4.63. The maximum atomic E-state index is 12.1. The average molecular weight is 294 g/mol. The molecule has 0 spiro atoms. The van der Waals surface area contributed by atoms with Crippen molar-refractivity contribution < 1.29 is 8.42 Å². The zero-order valence-corrected chi connectivity index (χ0v) is 11.7. The van der Waals surface area contributed by atoms with E-state index in [9.17, 15) is 8.42 Å². The third-order valence-corrected chi connectivity index (χ3v) is 6.13. The summed E-state index contributed by atoms with van der Waals surface area (Å²) in [6, 6.07) is 11.4. The van der Waals surface area contributed by atoms with E-state index in [1.165, 1.54) is 11.6 Å². The molecule has 100 valence electrons. The molecule has 2 unspecified atom stereocenters. The Morgan fingerprint density at radius 2 is 2.00 bits per heavy atom. The van der Waals surface area contributed by atoms with Gasteiger partial charge in [-0.25, -0.2) is 13.1 Å². The first kappa shape index (κ1) is 12.7. The van der Waals surface area contributed by atoms with Gasteiger partial charge in [0.15, 0.2) is 0 Å². The Morgan fingerprint density at radius 1 is 1.26 bits per heavy atom. The summed E-state index contributed by atoms with van der Waals surface area (Å²) in [5.41, 5.74) is 7.23. The number of nitrogens with one attached hydrogen (secondary N) is 1. The van der Waals surface area contributed by atoms with Crippen molar-refractivity contribution in [2.45, 2.75) is 22.6 Å². The van der Waals surface area contributed by atoms with Crippen molar-refractivity contribution in [3.8, 4) is 0 Å². The van der Waals surface area contributed by atoms with E-state index in [1.807, 2.05) is 30.3 Å². The highest BCUT2D eigenvalue weighted by atomic mass is 32.2. The van der Waals surface area contributed by atoms with Crippen molar-refractivity contribution in [3.63, 3.8) is 0 Å². The van der Waals surface area contributed by atoms with E-state index in [1.54, 1.807) is 5.38 Å². The molecule has 0 amide bonds. The van der Waals surface area contributed by atoms with Gasteiger partial charge in [0.05, 0.1) is 0 Å². The van der Waals surface area contributed by atoms with Gasteiger partial charge in [0.25, 0.3) is 0 Å². The molecule has 6 heteroatoms. The van der Waals surface area contributed by atoms with E-state index < -0.39 is 10.0 Å². The van der Waals surface area contributed by atoms with E-state index in [2.05, 4.69) is 4.72 Å². The summed E-state index contributed by atoms with van der Waals surface area (Å²) in [5.74, 6) is 0.285. The second-order valence-electron chi connectivity index (χ2n) is 4.68. The Labute approximate surface area is 116 Å². The van der Waals surface area contributed by atoms with Gasteiger partial charge in [0, 0.05) is 23.0 Å². The van der Waals surface area contributed by atoms with Gasteiger partial charge >= 0.3 is 0 Å². The molecule has 3 N–H and O–H groups in total. The number of rotatable bonds is 4. The van der Waals surface area contributed by atoms with E-state index in [0.29, 0.717) is 5.69 Å². The lowest BCUT2D eigenvalue weighted by Crippen LogP contribution is -2.26. The predicted octanol–water partition coefficient (Wildman–Crippen LogP) is 2.16. The molecule has 1 heterocycles. The minimum Gasteiger partial charge on any atom is -0.398 e. The standard InChI is InChI=1S/C13H14N2O2S2/c14-10-6-13(18-8-10)19(16,17)15-12-7-11(12)9-4-2-1-3-5-9/h1-6,8,11-12,15H,7,14H2. The van der Waals surface area contributed by atoms with E-state index >= 15 is 0 Å². The fourth-order valence-corrected chi connectivity index (χ4v) is 4.51. The van der Waals surface area contributed by atoms with Gasteiger partial charge in [0.2, 0.25) is 10.0 Å². The van der Waals surface area contributed by atoms with Crippen molar-refractivity contribution >= 4 is 27.0 Å². The molecule has 0 aliphatic heterocycles. The zero-order valence-electron chi connectivity index (χ0n) is 10.1. The van der Waals surface area contributed by atoms with Gasteiger partial charge in [0.1, 0.15) is 4.21 Å². The molecule has 0 radical (unpaired) electrons. The van der Waals surface area contributed by atoms with Crippen molar-refractivity contribution in [2.24, 2.45) is 0 Å². The van der Waals surface area contributed by atoms with Crippen LogP contribution in [0.15, 0.2) is 46.0 Å². The number of thiophene rings is 1. The molecule has 1 aliphatic rings. The van der Waals surface area contributed by atoms with Crippen molar-refractivity contribution in [1.29, 1.82) is 0 Å². The van der Waals surface area contributed by atoms with Gasteiger partial charge in [-0.1, -0.05) is 30.3 Å². The molecule has 1 aromatic carbocycles. The minimum absolute atomic E-state index is 0.00396. The molecule has 4 nitrogen and oxygen atoms in total. The molecule has 1 aliphatic carbocycles. The normalized spacial score (nSPS) is 22.3. The maximum absolute atomic E-state index is 12.1. The molecule has 2 aromatic rings. The number of nitrogen functional groups attached to an aromatic ring is 1. The van der Waals surface area contributed by atoms with Crippen molar-refractivity contribution in [1.82, 2.24) is 4.72 Å². The fraction of sp³-hybridized carbons (Fsp3) is 0.231. The van der Waals surface area contributed by atoms with Crippen LogP contribution in [0.25, 0.3) is 0 Å². The molecular formula is C13H14N2O2S2. The summed E-state index contributed by atoms with van der Waals surface area (Å²) in [6.07, 6.45) is 0.851. The molecule has 0 bridgehead atoms. The monoisotopic (exact) mass is 294 g/mol. The molecule has 19 heavy (non-hydrogen) atoms. The fourth-order valence-electron chi connectivity index (χ4n) is 2.12. The van der Waals surface area contributed by atoms with Crippen LogP contribution in [0.1, 0.15) is 17.9 Å². The zero-order chi connectivity index (χ0) is 13.5. The van der Waals surface area contributed by atoms with E-state index in [-0.39, 0.29) is 16.2 Å². The number of benzene rings is 1. The first-order chi connectivity index (χ1) is 9.06. The molecule has 1 saturated carbocycles. The van der Waals surface area contributed by atoms with E-state index in [0.717, 1.165) is 17.8 Å². The largest absolute Gasteiger partial charge is 0.398 e. The molecular weight excluding hydrogens is 280 g/mol. The summed E-state index contributed by atoms with van der Waals surface area (Å²) in [7, 11) is -3.43. The highest BCUT2D eigenvalue weighted by molar-refractivity contribution is 7.91. The lowest BCUT2D eigenvalue weighted by molar-refractivity contribution is 0.582. The van der Waals surface area contributed by atoms with Crippen LogP contribution in [0.5, 0.6) is 0 Å². The van der Waals surface area contributed by atoms with Crippen LogP contribution in [0.2, 0.25) is 0 Å². The van der Waals surface area contributed by atoms with Gasteiger partial charge in [-0.15, -0.1) is 11.3 Å². The number of nitrogens with two attached hydrogens (primary N) is 1. The number of sulfonamides is 1. The van der Waals surface area contributed by atoms with Crippen LogP contribution in [0.4, 0.5) is 5.69 Å². The Kier molecular flexibility index (Phi) is 3.08. The first-order valence-corrected chi connectivity index (χ1v) is 8.34. The lowest BCUT2D eigenvalue weighted by Gasteiger charge is -2.04. The number of hydrogen-bond donors (Lipinski definition) is 2. The second-order valence-corrected chi connectivity index (χ2v) is 7.53. The van der Waals surface area contributed by atoms with Crippen LogP contribution in [-0.4, -0.2) is 14.5 Å². The quantitative estimate of drug-likeness (QED) is 0.907. The summed E-state index contributed by atoms with van der Waals surface area (Å²) in [4.78, 5) is 0. The summed E-state index contributed by atoms with van der Waals surface area (Å²) in [6.45, 7) is 0. The van der Waals surface area contributed by atoms with Gasteiger partial charge in [-0.2, -0.15) is 0 Å². The van der Waals surface area contributed by atoms with Crippen LogP contribution >= 0.6 is 11.3 Å². The Bertz CT molecular complexity index is 680. The molecule has 0 saturated heterocycles. The van der Waals surface area contributed by atoms with Crippen LogP contribution in [0, 0.1) is 0 Å². The Hall–Kier alpha value is -1.37. The van der Waals surface area contributed by atoms with Gasteiger partial charge in [-0.3, -0.25) is 0 Å². The number of anilines is 1. The maximum Gasteiger partial charge on any atom is 0.250 e.